The van der Waals surface area contributed by atoms with Gasteiger partial charge in [0.15, 0.2) is 0 Å². The van der Waals surface area contributed by atoms with Crippen molar-refractivity contribution in [1.82, 2.24) is 0 Å². The number of carbonyl (C=O) groups excluding carboxylic acids is 1. The average Bonchev–Trinajstić information content (AvgIpc) is 2.41. The number of ketones is 1. The van der Waals surface area contributed by atoms with Crippen molar-refractivity contribution in [2.75, 3.05) is 0 Å². The number of nitro groups is 1. The van der Waals surface area contributed by atoms with Crippen LogP contribution in [0.4, 0.5) is 0 Å². The van der Waals surface area contributed by atoms with Crippen molar-refractivity contribution in [2.45, 2.75) is 50.4 Å². The molecule has 2 fully saturated rings. The number of aliphatic hydroxyl groups is 2. The highest BCUT2D eigenvalue weighted by molar-refractivity contribution is 5.88. The van der Waals surface area contributed by atoms with Crippen LogP contribution in [0.1, 0.15) is 32.6 Å². The molecule has 2 rings (SSSR count). The molecule has 0 bridgehead atoms. The molecule has 2 N–H and O–H groups in total. The summed E-state index contributed by atoms with van der Waals surface area (Å²) >= 11 is 0. The monoisotopic (exact) mass is 229 g/mol. The number of nitrogens with zero attached hydrogens (tertiary/aromatic N) is 1. The van der Waals surface area contributed by atoms with Gasteiger partial charge in [0, 0.05) is 11.3 Å². The first-order valence-corrected chi connectivity index (χ1v) is 5.40. The van der Waals surface area contributed by atoms with Crippen LogP contribution in [0.3, 0.4) is 0 Å². The third kappa shape index (κ3) is 1.17. The lowest BCUT2D eigenvalue weighted by atomic mass is 9.62. The number of rotatable bonds is 1. The summed E-state index contributed by atoms with van der Waals surface area (Å²) < 4.78 is 0. The predicted octanol–water partition coefficient (Wildman–Crippen LogP) is -0.113. The van der Waals surface area contributed by atoms with Crippen LogP contribution in [0, 0.1) is 15.5 Å². The molecule has 6 heteroatoms. The van der Waals surface area contributed by atoms with Crippen LogP contribution in [-0.4, -0.2) is 38.7 Å². The summed E-state index contributed by atoms with van der Waals surface area (Å²) in [6.07, 6.45) is -0.432. The molecule has 0 spiro atoms. The minimum absolute atomic E-state index is 0.0744. The van der Waals surface area contributed by atoms with Crippen LogP contribution < -0.4 is 0 Å². The molecule has 0 aliphatic heterocycles. The molecule has 6 nitrogen and oxygen atoms in total. The molecule has 0 amide bonds. The largest absolute Gasteiger partial charge is 0.386 e. The second kappa shape index (κ2) is 3.24. The van der Waals surface area contributed by atoms with Gasteiger partial charge in [0.2, 0.25) is 0 Å². The van der Waals surface area contributed by atoms with Gasteiger partial charge in [0.1, 0.15) is 17.5 Å². The predicted molar refractivity (Wildman–Crippen MR) is 53.3 cm³/mol. The molecular formula is C10H15NO5. The molecule has 0 saturated heterocycles. The molecular weight excluding hydrogens is 214 g/mol. The van der Waals surface area contributed by atoms with E-state index in [1.54, 1.807) is 6.92 Å². The molecule has 0 aromatic heterocycles. The maximum absolute atomic E-state index is 11.7. The Kier molecular flexibility index (Phi) is 2.32. The Bertz CT molecular complexity index is 357. The highest BCUT2D eigenvalue weighted by atomic mass is 16.6. The summed E-state index contributed by atoms with van der Waals surface area (Å²) in [5.74, 6) is -0.131. The number of carbonyl (C=O) groups is 1. The van der Waals surface area contributed by atoms with Gasteiger partial charge in [-0.15, -0.1) is 0 Å². The van der Waals surface area contributed by atoms with Gasteiger partial charge < -0.3 is 10.2 Å². The Morgan fingerprint density at radius 3 is 2.69 bits per heavy atom. The Labute approximate surface area is 92.4 Å². The lowest BCUT2D eigenvalue weighted by molar-refractivity contribution is -0.566. The molecule has 4 atom stereocenters. The van der Waals surface area contributed by atoms with E-state index in [4.69, 9.17) is 0 Å². The van der Waals surface area contributed by atoms with Crippen molar-refractivity contribution >= 4 is 5.78 Å². The van der Waals surface area contributed by atoms with Crippen LogP contribution in [0.5, 0.6) is 0 Å². The lowest BCUT2D eigenvalue weighted by Crippen LogP contribution is -2.64. The van der Waals surface area contributed by atoms with Crippen molar-refractivity contribution in [3.63, 3.8) is 0 Å². The second-order valence-electron chi connectivity index (χ2n) is 5.02. The van der Waals surface area contributed by atoms with E-state index in [1.807, 2.05) is 0 Å². The fourth-order valence-corrected chi connectivity index (χ4v) is 3.16. The number of hydrogen-bond donors (Lipinski definition) is 2. The summed E-state index contributed by atoms with van der Waals surface area (Å²) in [7, 11) is 0. The van der Waals surface area contributed by atoms with E-state index in [-0.39, 0.29) is 25.0 Å². The van der Waals surface area contributed by atoms with Crippen molar-refractivity contribution in [1.29, 1.82) is 0 Å². The first kappa shape index (κ1) is 11.5. The average molecular weight is 229 g/mol. The zero-order valence-corrected chi connectivity index (χ0v) is 9.05. The smallest absolute Gasteiger partial charge is 0.267 e. The van der Waals surface area contributed by atoms with Gasteiger partial charge in [-0.2, -0.15) is 0 Å². The van der Waals surface area contributed by atoms with E-state index >= 15 is 0 Å². The number of aliphatic hydroxyl groups excluding tert-OH is 1. The highest BCUT2D eigenvalue weighted by Crippen LogP contribution is 2.53. The van der Waals surface area contributed by atoms with Gasteiger partial charge >= 0.3 is 0 Å². The van der Waals surface area contributed by atoms with Crippen molar-refractivity contribution in [2.24, 2.45) is 5.41 Å². The van der Waals surface area contributed by atoms with E-state index in [0.717, 1.165) is 0 Å². The molecule has 0 unspecified atom stereocenters. The van der Waals surface area contributed by atoms with Gasteiger partial charge in [0.25, 0.3) is 6.04 Å². The molecule has 0 aromatic rings. The third-order valence-corrected chi connectivity index (χ3v) is 4.33. The SMILES string of the molecule is C[C@]12CC[C@H](O)[C@@H]([N+](=O)[O-])[C@@]1(O)CCC2=O. The summed E-state index contributed by atoms with van der Waals surface area (Å²) in [5, 5.41) is 31.0. The Balaban J connectivity index is 2.47. The molecule has 90 valence electrons. The summed E-state index contributed by atoms with van der Waals surface area (Å²) in [4.78, 5) is 22.0. The van der Waals surface area contributed by atoms with Gasteiger partial charge in [0.05, 0.1) is 5.41 Å². The van der Waals surface area contributed by atoms with Gasteiger partial charge in [-0.3, -0.25) is 14.9 Å². The van der Waals surface area contributed by atoms with Gasteiger partial charge in [-0.05, 0) is 26.2 Å². The fraction of sp³-hybridized carbons (Fsp3) is 0.900. The minimum Gasteiger partial charge on any atom is -0.386 e. The van der Waals surface area contributed by atoms with Gasteiger partial charge in [-0.1, -0.05) is 0 Å². The van der Waals surface area contributed by atoms with Crippen LogP contribution in [0.2, 0.25) is 0 Å². The van der Waals surface area contributed by atoms with Crippen molar-refractivity contribution in [3.8, 4) is 0 Å². The number of fused-ring (bicyclic) bond motifs is 1. The third-order valence-electron chi connectivity index (χ3n) is 4.33. The summed E-state index contributed by atoms with van der Waals surface area (Å²) in [6.45, 7) is 1.57. The van der Waals surface area contributed by atoms with Crippen molar-refractivity contribution in [3.05, 3.63) is 10.1 Å². The Morgan fingerprint density at radius 1 is 1.50 bits per heavy atom. The Hall–Kier alpha value is -1.01. The molecule has 2 aliphatic carbocycles. The fourth-order valence-electron chi connectivity index (χ4n) is 3.16. The molecule has 2 aliphatic rings. The standard InChI is InChI=1S/C10H15NO5/c1-9-4-2-6(12)8(11(15)16)10(9,14)5-3-7(9)13/h6,8,12,14H,2-5H2,1H3/t6-,8+,9+,10-/m0/s1. The van der Waals surface area contributed by atoms with E-state index in [1.165, 1.54) is 0 Å². The van der Waals surface area contributed by atoms with Crippen LogP contribution in [0.25, 0.3) is 0 Å². The molecule has 2 saturated carbocycles. The Morgan fingerprint density at radius 2 is 2.12 bits per heavy atom. The number of Topliss-reactive ketones (excluding diaryl/α,β-unsaturated/α-hetero) is 1. The first-order chi connectivity index (χ1) is 7.33. The van der Waals surface area contributed by atoms with E-state index in [0.29, 0.717) is 6.42 Å². The molecule has 16 heavy (non-hydrogen) atoms. The maximum Gasteiger partial charge on any atom is 0.267 e. The maximum atomic E-state index is 11.7. The second-order valence-corrected chi connectivity index (χ2v) is 5.02. The lowest BCUT2D eigenvalue weighted by Gasteiger charge is -2.44. The zero-order chi connectivity index (χ0) is 12.1. The topological polar surface area (TPSA) is 101 Å². The quantitative estimate of drug-likeness (QED) is 0.482. The highest BCUT2D eigenvalue weighted by Gasteiger charge is 2.68. The van der Waals surface area contributed by atoms with E-state index < -0.39 is 28.1 Å². The molecule has 0 aromatic carbocycles. The first-order valence-electron chi connectivity index (χ1n) is 5.40. The van der Waals surface area contributed by atoms with Crippen LogP contribution in [0.15, 0.2) is 0 Å². The van der Waals surface area contributed by atoms with E-state index in [2.05, 4.69) is 0 Å². The summed E-state index contributed by atoms with van der Waals surface area (Å²) in [6, 6.07) is -1.45. The van der Waals surface area contributed by atoms with Crippen LogP contribution >= 0.6 is 0 Å². The van der Waals surface area contributed by atoms with E-state index in [9.17, 15) is 25.1 Å². The van der Waals surface area contributed by atoms with Crippen molar-refractivity contribution < 1.29 is 19.9 Å². The molecule has 0 radical (unpaired) electrons. The van der Waals surface area contributed by atoms with Gasteiger partial charge in [-0.25, -0.2) is 0 Å². The molecule has 0 heterocycles. The number of hydrogen-bond acceptors (Lipinski definition) is 5. The minimum atomic E-state index is -1.69. The zero-order valence-electron chi connectivity index (χ0n) is 9.05. The van der Waals surface area contributed by atoms with Crippen LogP contribution in [-0.2, 0) is 4.79 Å². The normalized spacial score (nSPS) is 47.8. The summed E-state index contributed by atoms with van der Waals surface area (Å²) in [5.41, 5.74) is -2.75.